The van der Waals surface area contributed by atoms with Crippen LogP contribution in [0.4, 0.5) is 4.39 Å². The lowest BCUT2D eigenvalue weighted by Crippen LogP contribution is -2.19. The summed E-state index contributed by atoms with van der Waals surface area (Å²) in [6, 6.07) is 6.36. The molecule has 1 unspecified atom stereocenters. The second-order valence-electron chi connectivity index (χ2n) is 4.04. The molecule has 1 N–H and O–H groups in total. The molecule has 0 aliphatic heterocycles. The van der Waals surface area contributed by atoms with Crippen molar-refractivity contribution in [1.82, 2.24) is 5.32 Å². The topological polar surface area (TPSA) is 25.2 Å². The first-order chi connectivity index (χ1) is 8.67. The van der Waals surface area contributed by atoms with E-state index in [1.807, 2.05) is 13.0 Å². The first-order valence-electron chi connectivity index (χ1n) is 5.85. The molecule has 0 aliphatic carbocycles. The molecular weight excluding hydrogens is 253 g/mol. The molecular formula is C14H15ClFNO. The van der Waals surface area contributed by atoms with Gasteiger partial charge in [0.25, 0.3) is 0 Å². The van der Waals surface area contributed by atoms with E-state index >= 15 is 0 Å². The third kappa shape index (κ3) is 2.42. The average molecular weight is 268 g/mol. The molecule has 2 aromatic rings. The van der Waals surface area contributed by atoms with Crippen LogP contribution in [0.3, 0.4) is 0 Å². The zero-order chi connectivity index (χ0) is 13.1. The fourth-order valence-corrected chi connectivity index (χ4v) is 2.27. The first-order valence-corrected chi connectivity index (χ1v) is 6.23. The highest BCUT2D eigenvalue weighted by molar-refractivity contribution is 6.30. The van der Waals surface area contributed by atoms with E-state index in [0.29, 0.717) is 10.6 Å². The summed E-state index contributed by atoms with van der Waals surface area (Å²) in [4.78, 5) is 0. The molecule has 18 heavy (non-hydrogen) atoms. The van der Waals surface area contributed by atoms with E-state index < -0.39 is 0 Å². The second kappa shape index (κ2) is 5.55. The van der Waals surface area contributed by atoms with E-state index in [1.165, 1.54) is 6.07 Å². The molecule has 0 fully saturated rings. The van der Waals surface area contributed by atoms with Gasteiger partial charge < -0.3 is 9.73 Å². The summed E-state index contributed by atoms with van der Waals surface area (Å²) in [7, 11) is 1.80. The number of hydrogen-bond acceptors (Lipinski definition) is 2. The predicted octanol–water partition coefficient (Wildman–Crippen LogP) is 3.94. The summed E-state index contributed by atoms with van der Waals surface area (Å²) >= 11 is 5.77. The van der Waals surface area contributed by atoms with Crippen molar-refractivity contribution in [1.29, 1.82) is 0 Å². The van der Waals surface area contributed by atoms with E-state index in [0.717, 1.165) is 17.7 Å². The Kier molecular flexibility index (Phi) is 4.04. The molecule has 2 rings (SSSR count). The van der Waals surface area contributed by atoms with Crippen LogP contribution in [0, 0.1) is 5.82 Å². The maximum Gasteiger partial charge on any atom is 0.129 e. The van der Waals surface area contributed by atoms with Crippen molar-refractivity contribution in [3.05, 3.63) is 58.3 Å². The Balaban J connectivity index is 2.45. The molecule has 1 atom stereocenters. The summed E-state index contributed by atoms with van der Waals surface area (Å²) in [6.45, 7) is 2.01. The van der Waals surface area contributed by atoms with Crippen LogP contribution in [0.1, 0.15) is 29.9 Å². The molecule has 1 aromatic carbocycles. The number of hydrogen-bond donors (Lipinski definition) is 1. The normalized spacial score (nSPS) is 12.7. The maximum absolute atomic E-state index is 14.0. The van der Waals surface area contributed by atoms with Gasteiger partial charge in [0.15, 0.2) is 0 Å². The van der Waals surface area contributed by atoms with Crippen molar-refractivity contribution in [2.75, 3.05) is 7.05 Å². The van der Waals surface area contributed by atoms with Crippen LogP contribution in [0.2, 0.25) is 5.02 Å². The quantitative estimate of drug-likeness (QED) is 0.908. The van der Waals surface area contributed by atoms with Crippen LogP contribution in [0.15, 0.2) is 34.9 Å². The van der Waals surface area contributed by atoms with Crippen LogP contribution < -0.4 is 5.32 Å². The molecule has 0 bridgehead atoms. The van der Waals surface area contributed by atoms with Crippen LogP contribution in [-0.2, 0) is 6.42 Å². The molecule has 0 radical (unpaired) electrons. The van der Waals surface area contributed by atoms with Gasteiger partial charge >= 0.3 is 0 Å². The first kappa shape index (κ1) is 13.1. The predicted molar refractivity (Wildman–Crippen MR) is 70.4 cm³/mol. The summed E-state index contributed by atoms with van der Waals surface area (Å²) < 4.78 is 19.4. The molecule has 96 valence electrons. The van der Waals surface area contributed by atoms with Gasteiger partial charge in [0.2, 0.25) is 0 Å². The molecule has 4 heteroatoms. The van der Waals surface area contributed by atoms with Crippen molar-refractivity contribution >= 4 is 11.6 Å². The zero-order valence-corrected chi connectivity index (χ0v) is 11.1. The number of rotatable bonds is 4. The minimum atomic E-state index is -0.315. The molecule has 1 aromatic heterocycles. The fraction of sp³-hybridized carbons (Fsp3) is 0.286. The Morgan fingerprint density at radius 3 is 2.72 bits per heavy atom. The standard InChI is InChI=1S/C14H15ClFNO/c1-3-13-11(6-7-18-13)14(17-2)10-5-4-9(15)8-12(10)16/h4-8,14,17H,3H2,1-2H3. The Labute approximate surface area is 111 Å². The molecule has 0 spiro atoms. The average Bonchev–Trinajstić information content (AvgIpc) is 2.81. The van der Waals surface area contributed by atoms with Crippen molar-refractivity contribution in [2.24, 2.45) is 0 Å². The van der Waals surface area contributed by atoms with Gasteiger partial charge in [-0.2, -0.15) is 0 Å². The smallest absolute Gasteiger partial charge is 0.129 e. The van der Waals surface area contributed by atoms with E-state index in [9.17, 15) is 4.39 Å². The van der Waals surface area contributed by atoms with Gasteiger partial charge in [0, 0.05) is 22.6 Å². The lowest BCUT2D eigenvalue weighted by Gasteiger charge is -2.17. The van der Waals surface area contributed by atoms with Gasteiger partial charge in [-0.15, -0.1) is 0 Å². The third-order valence-electron chi connectivity index (χ3n) is 2.97. The largest absolute Gasteiger partial charge is 0.469 e. The lowest BCUT2D eigenvalue weighted by molar-refractivity contribution is 0.501. The van der Waals surface area contributed by atoms with Crippen molar-refractivity contribution in [2.45, 2.75) is 19.4 Å². The number of nitrogens with one attached hydrogen (secondary N) is 1. The molecule has 0 saturated carbocycles. The van der Waals surface area contributed by atoms with Crippen molar-refractivity contribution in [3.63, 3.8) is 0 Å². The molecule has 0 amide bonds. The maximum atomic E-state index is 14.0. The Morgan fingerprint density at radius 1 is 1.33 bits per heavy atom. The summed E-state index contributed by atoms with van der Waals surface area (Å²) in [5, 5.41) is 3.51. The van der Waals surface area contributed by atoms with Crippen LogP contribution in [0.5, 0.6) is 0 Å². The summed E-state index contributed by atoms with van der Waals surface area (Å²) in [5.41, 5.74) is 1.53. The molecule has 2 nitrogen and oxygen atoms in total. The fourth-order valence-electron chi connectivity index (χ4n) is 2.11. The zero-order valence-electron chi connectivity index (χ0n) is 10.3. The SMILES string of the molecule is CCc1occc1C(NC)c1ccc(Cl)cc1F. The number of benzene rings is 1. The van der Waals surface area contributed by atoms with E-state index in [1.54, 1.807) is 25.4 Å². The van der Waals surface area contributed by atoms with Gasteiger partial charge in [-0.1, -0.05) is 24.6 Å². The second-order valence-corrected chi connectivity index (χ2v) is 4.48. The summed E-state index contributed by atoms with van der Waals surface area (Å²) in [6.07, 6.45) is 2.40. The van der Waals surface area contributed by atoms with Crippen molar-refractivity contribution in [3.8, 4) is 0 Å². The number of aryl methyl sites for hydroxylation is 1. The Bertz CT molecular complexity index is 538. The Hall–Kier alpha value is -1.32. The molecule has 0 saturated heterocycles. The highest BCUT2D eigenvalue weighted by Gasteiger charge is 2.20. The van der Waals surface area contributed by atoms with Crippen LogP contribution in [-0.4, -0.2) is 7.05 Å². The number of furan rings is 1. The molecule has 1 heterocycles. The summed E-state index contributed by atoms with van der Waals surface area (Å²) in [5.74, 6) is 0.550. The third-order valence-corrected chi connectivity index (χ3v) is 3.21. The van der Waals surface area contributed by atoms with Gasteiger partial charge in [-0.25, -0.2) is 4.39 Å². The van der Waals surface area contributed by atoms with Crippen LogP contribution in [0.25, 0.3) is 0 Å². The number of halogens is 2. The lowest BCUT2D eigenvalue weighted by atomic mass is 9.98. The minimum Gasteiger partial charge on any atom is -0.469 e. The van der Waals surface area contributed by atoms with E-state index in [4.69, 9.17) is 16.0 Å². The monoisotopic (exact) mass is 267 g/mol. The van der Waals surface area contributed by atoms with Gasteiger partial charge in [0.1, 0.15) is 11.6 Å². The Morgan fingerprint density at radius 2 is 2.11 bits per heavy atom. The van der Waals surface area contributed by atoms with E-state index in [-0.39, 0.29) is 11.9 Å². The van der Waals surface area contributed by atoms with Gasteiger partial charge in [-0.05, 0) is 25.2 Å². The van der Waals surface area contributed by atoms with E-state index in [2.05, 4.69) is 5.32 Å². The minimum absolute atomic E-state index is 0.226. The molecule has 0 aliphatic rings. The van der Waals surface area contributed by atoms with Crippen molar-refractivity contribution < 1.29 is 8.81 Å². The highest BCUT2D eigenvalue weighted by Crippen LogP contribution is 2.29. The van der Waals surface area contributed by atoms with Crippen LogP contribution >= 0.6 is 11.6 Å². The highest BCUT2D eigenvalue weighted by atomic mass is 35.5. The van der Waals surface area contributed by atoms with Gasteiger partial charge in [-0.3, -0.25) is 0 Å². The van der Waals surface area contributed by atoms with Gasteiger partial charge in [0.05, 0.1) is 12.3 Å².